The third kappa shape index (κ3) is 3.89. The van der Waals surface area contributed by atoms with Gasteiger partial charge in [-0.25, -0.2) is 4.79 Å². The minimum atomic E-state index is -0.0291. The third-order valence-corrected chi connectivity index (χ3v) is 5.99. The molecular formula is C21H29N3O3. The van der Waals surface area contributed by atoms with Crippen molar-refractivity contribution >= 4 is 17.6 Å². The second-order valence-electron chi connectivity index (χ2n) is 8.04. The number of fused-ring (bicyclic) bond motifs is 1. The molecule has 27 heavy (non-hydrogen) atoms. The highest BCUT2D eigenvalue weighted by molar-refractivity contribution is 5.94. The topological polar surface area (TPSA) is 61.9 Å². The summed E-state index contributed by atoms with van der Waals surface area (Å²) in [6.45, 7) is 3.80. The Labute approximate surface area is 160 Å². The second kappa shape index (κ2) is 7.79. The minimum absolute atomic E-state index is 0.0206. The Balaban J connectivity index is 1.35. The van der Waals surface area contributed by atoms with Crippen LogP contribution >= 0.6 is 0 Å². The molecule has 0 spiro atoms. The van der Waals surface area contributed by atoms with Gasteiger partial charge in [-0.15, -0.1) is 0 Å². The highest BCUT2D eigenvalue weighted by Gasteiger charge is 2.34. The van der Waals surface area contributed by atoms with Crippen LogP contribution in [0.5, 0.6) is 5.75 Å². The van der Waals surface area contributed by atoms with Crippen LogP contribution in [0.4, 0.5) is 10.5 Å². The molecule has 1 atom stereocenters. The van der Waals surface area contributed by atoms with Crippen LogP contribution in [0.2, 0.25) is 0 Å². The number of amides is 3. The predicted octanol–water partition coefficient (Wildman–Crippen LogP) is 3.16. The molecule has 1 aromatic carbocycles. The van der Waals surface area contributed by atoms with Crippen LogP contribution in [0.3, 0.4) is 0 Å². The van der Waals surface area contributed by atoms with E-state index in [0.717, 1.165) is 37.1 Å². The van der Waals surface area contributed by atoms with Gasteiger partial charge in [0.25, 0.3) is 0 Å². The lowest BCUT2D eigenvalue weighted by Gasteiger charge is -2.39. The van der Waals surface area contributed by atoms with Crippen molar-refractivity contribution in [2.45, 2.75) is 57.6 Å². The average molecular weight is 371 g/mol. The van der Waals surface area contributed by atoms with Crippen molar-refractivity contribution in [1.82, 2.24) is 10.2 Å². The maximum atomic E-state index is 13.1. The molecule has 146 valence electrons. The van der Waals surface area contributed by atoms with E-state index in [1.165, 1.54) is 12.8 Å². The normalized spacial score (nSPS) is 23.7. The van der Waals surface area contributed by atoms with Crippen molar-refractivity contribution in [3.8, 4) is 5.75 Å². The molecule has 4 rings (SSSR count). The number of urea groups is 1. The maximum Gasteiger partial charge on any atom is 0.324 e. The van der Waals surface area contributed by atoms with E-state index in [-0.39, 0.29) is 24.0 Å². The molecule has 1 saturated heterocycles. The molecule has 1 N–H and O–H groups in total. The fourth-order valence-electron chi connectivity index (χ4n) is 4.46. The monoisotopic (exact) mass is 371 g/mol. The number of likely N-dealkylation sites (tertiary alicyclic amines) is 1. The smallest absolute Gasteiger partial charge is 0.324 e. The molecule has 3 amide bonds. The molecule has 1 saturated carbocycles. The number of carbonyl (C=O) groups excluding carboxylic acids is 2. The Morgan fingerprint density at radius 3 is 2.52 bits per heavy atom. The van der Waals surface area contributed by atoms with Crippen LogP contribution in [0, 0.1) is 5.92 Å². The summed E-state index contributed by atoms with van der Waals surface area (Å²) in [5.41, 5.74) is 0.835. The summed E-state index contributed by atoms with van der Waals surface area (Å²) in [5.74, 6) is 0.973. The number of nitrogens with zero attached hydrogens (tertiary/aromatic N) is 2. The number of rotatable bonds is 2. The lowest BCUT2D eigenvalue weighted by molar-refractivity contribution is -0.126. The molecule has 6 nitrogen and oxygen atoms in total. The molecule has 2 aliphatic heterocycles. The highest BCUT2D eigenvalue weighted by Crippen LogP contribution is 2.34. The van der Waals surface area contributed by atoms with Crippen molar-refractivity contribution in [2.24, 2.45) is 5.92 Å². The van der Waals surface area contributed by atoms with Crippen LogP contribution in [0.15, 0.2) is 24.3 Å². The summed E-state index contributed by atoms with van der Waals surface area (Å²) in [6.07, 6.45) is 6.11. The van der Waals surface area contributed by atoms with Gasteiger partial charge in [-0.1, -0.05) is 25.0 Å². The van der Waals surface area contributed by atoms with Crippen LogP contribution in [0.25, 0.3) is 0 Å². The fraction of sp³-hybridized carbons (Fsp3) is 0.619. The SMILES string of the molecule is CC1CN(C(=O)N2CCC(C(=O)NC3CCCC3)CC2)c2ccccc2O1. The van der Waals surface area contributed by atoms with E-state index in [9.17, 15) is 9.59 Å². The van der Waals surface area contributed by atoms with Gasteiger partial charge in [0.1, 0.15) is 11.9 Å². The fourth-order valence-corrected chi connectivity index (χ4v) is 4.46. The summed E-state index contributed by atoms with van der Waals surface area (Å²) in [4.78, 5) is 29.3. The van der Waals surface area contributed by atoms with Gasteiger partial charge in [0.05, 0.1) is 12.2 Å². The molecule has 1 aliphatic carbocycles. The van der Waals surface area contributed by atoms with Crippen LogP contribution < -0.4 is 15.0 Å². The maximum absolute atomic E-state index is 13.1. The molecule has 1 aromatic rings. The molecule has 3 aliphatic rings. The summed E-state index contributed by atoms with van der Waals surface area (Å²) in [5, 5.41) is 3.21. The van der Waals surface area contributed by atoms with Gasteiger partial charge in [-0.05, 0) is 44.7 Å². The van der Waals surface area contributed by atoms with Crippen molar-refractivity contribution in [2.75, 3.05) is 24.5 Å². The van der Waals surface area contributed by atoms with Gasteiger partial charge >= 0.3 is 6.03 Å². The van der Waals surface area contributed by atoms with Crippen LogP contribution in [-0.4, -0.2) is 48.6 Å². The first-order valence-corrected chi connectivity index (χ1v) is 10.2. The molecule has 2 heterocycles. The molecule has 2 fully saturated rings. The van der Waals surface area contributed by atoms with Crippen molar-refractivity contribution in [3.05, 3.63) is 24.3 Å². The van der Waals surface area contributed by atoms with E-state index in [1.807, 2.05) is 41.0 Å². The highest BCUT2D eigenvalue weighted by atomic mass is 16.5. The zero-order chi connectivity index (χ0) is 18.8. The van der Waals surface area contributed by atoms with E-state index in [4.69, 9.17) is 4.74 Å². The number of hydrogen-bond acceptors (Lipinski definition) is 3. The lowest BCUT2D eigenvalue weighted by atomic mass is 9.95. The number of nitrogens with one attached hydrogen (secondary N) is 1. The van der Waals surface area contributed by atoms with Crippen LogP contribution in [0.1, 0.15) is 45.4 Å². The van der Waals surface area contributed by atoms with Gasteiger partial charge in [0, 0.05) is 25.0 Å². The average Bonchev–Trinajstić information content (AvgIpc) is 3.20. The van der Waals surface area contributed by atoms with Crippen molar-refractivity contribution in [3.63, 3.8) is 0 Å². The number of carbonyl (C=O) groups is 2. The number of para-hydroxylation sites is 2. The number of piperidine rings is 1. The number of hydrogen-bond donors (Lipinski definition) is 1. The lowest BCUT2D eigenvalue weighted by Crippen LogP contribution is -2.52. The molecule has 1 unspecified atom stereocenters. The molecule has 0 aromatic heterocycles. The first-order chi connectivity index (χ1) is 13.1. The minimum Gasteiger partial charge on any atom is -0.487 e. The van der Waals surface area contributed by atoms with Gasteiger partial charge in [-0.3, -0.25) is 9.69 Å². The van der Waals surface area contributed by atoms with E-state index >= 15 is 0 Å². The Kier molecular flexibility index (Phi) is 5.23. The molecular weight excluding hydrogens is 342 g/mol. The summed E-state index contributed by atoms with van der Waals surface area (Å²) >= 11 is 0. The number of anilines is 1. The molecule has 6 heteroatoms. The van der Waals surface area contributed by atoms with E-state index in [0.29, 0.717) is 25.7 Å². The van der Waals surface area contributed by atoms with Gasteiger partial charge in [-0.2, -0.15) is 0 Å². The van der Waals surface area contributed by atoms with E-state index in [1.54, 1.807) is 0 Å². The van der Waals surface area contributed by atoms with E-state index < -0.39 is 0 Å². The first kappa shape index (κ1) is 18.1. The zero-order valence-electron chi connectivity index (χ0n) is 16.0. The van der Waals surface area contributed by atoms with Crippen molar-refractivity contribution < 1.29 is 14.3 Å². The summed E-state index contributed by atoms with van der Waals surface area (Å²) in [6, 6.07) is 8.08. The van der Waals surface area contributed by atoms with E-state index in [2.05, 4.69) is 5.32 Å². The summed E-state index contributed by atoms with van der Waals surface area (Å²) < 4.78 is 5.85. The van der Waals surface area contributed by atoms with Gasteiger partial charge < -0.3 is 15.0 Å². The second-order valence-corrected chi connectivity index (χ2v) is 8.04. The van der Waals surface area contributed by atoms with Gasteiger partial charge in [0.15, 0.2) is 0 Å². The Hall–Kier alpha value is -2.24. The quantitative estimate of drug-likeness (QED) is 0.869. The standard InChI is InChI=1S/C21H29N3O3/c1-15-14-24(18-8-4-5-9-19(18)27-15)21(26)23-12-10-16(11-13-23)20(25)22-17-6-2-3-7-17/h4-5,8-9,15-17H,2-3,6-7,10-14H2,1H3,(H,22,25). The van der Waals surface area contributed by atoms with Crippen molar-refractivity contribution in [1.29, 1.82) is 0 Å². The largest absolute Gasteiger partial charge is 0.487 e. The third-order valence-electron chi connectivity index (χ3n) is 5.99. The summed E-state index contributed by atoms with van der Waals surface area (Å²) in [7, 11) is 0. The number of ether oxygens (including phenoxy) is 1. The Morgan fingerprint density at radius 1 is 1.07 bits per heavy atom. The Morgan fingerprint density at radius 2 is 1.78 bits per heavy atom. The first-order valence-electron chi connectivity index (χ1n) is 10.2. The molecule has 0 bridgehead atoms. The van der Waals surface area contributed by atoms with Crippen LogP contribution in [-0.2, 0) is 4.79 Å². The number of benzene rings is 1. The molecule has 0 radical (unpaired) electrons. The Bertz CT molecular complexity index is 694. The van der Waals surface area contributed by atoms with Gasteiger partial charge in [0.2, 0.25) is 5.91 Å². The zero-order valence-corrected chi connectivity index (χ0v) is 16.0. The predicted molar refractivity (Wildman–Crippen MR) is 104 cm³/mol.